The Morgan fingerprint density at radius 2 is 1.96 bits per heavy atom. The lowest BCUT2D eigenvalue weighted by atomic mass is 10.1. The summed E-state index contributed by atoms with van der Waals surface area (Å²) < 4.78 is 0. The molecule has 0 spiro atoms. The lowest BCUT2D eigenvalue weighted by Gasteiger charge is -2.13. The molecule has 3 rings (SSSR count). The van der Waals surface area contributed by atoms with Crippen LogP contribution in [0.25, 0.3) is 10.2 Å². The van der Waals surface area contributed by atoms with Gasteiger partial charge in [-0.2, -0.15) is 0 Å². The maximum absolute atomic E-state index is 12.7. The molecule has 1 N–H and O–H groups in total. The van der Waals surface area contributed by atoms with Crippen LogP contribution in [-0.2, 0) is 6.42 Å². The van der Waals surface area contributed by atoms with Crippen LogP contribution in [0.3, 0.4) is 0 Å². The summed E-state index contributed by atoms with van der Waals surface area (Å²) in [6, 6.07) is 3.74. The van der Waals surface area contributed by atoms with Crippen LogP contribution in [0.2, 0.25) is 0 Å². The first-order valence-corrected chi connectivity index (χ1v) is 8.80. The third-order valence-corrected chi connectivity index (χ3v) is 5.28. The Hall–Kier alpha value is -2.34. The van der Waals surface area contributed by atoms with Crippen LogP contribution in [0.1, 0.15) is 52.2 Å². The van der Waals surface area contributed by atoms with Gasteiger partial charge in [-0.15, -0.1) is 11.3 Å². The minimum atomic E-state index is -0.0801. The van der Waals surface area contributed by atoms with Crippen molar-refractivity contribution in [1.29, 1.82) is 0 Å². The van der Waals surface area contributed by atoms with E-state index in [1.807, 2.05) is 39.8 Å². The number of hydrogen-bond donors (Lipinski definition) is 1. The highest BCUT2D eigenvalue weighted by atomic mass is 32.1. The van der Waals surface area contributed by atoms with Crippen molar-refractivity contribution in [2.24, 2.45) is 0 Å². The van der Waals surface area contributed by atoms with Gasteiger partial charge in [0.15, 0.2) is 0 Å². The van der Waals surface area contributed by atoms with Crippen LogP contribution in [0, 0.1) is 13.8 Å². The largest absolute Gasteiger partial charge is 0.345 e. The fraction of sp³-hybridized carbons (Fsp3) is 0.333. The molecule has 0 aromatic carbocycles. The van der Waals surface area contributed by atoms with Gasteiger partial charge in [0.1, 0.15) is 10.7 Å². The van der Waals surface area contributed by atoms with E-state index in [1.165, 1.54) is 11.3 Å². The minimum Gasteiger partial charge on any atom is -0.345 e. The molecule has 0 unspecified atom stereocenters. The van der Waals surface area contributed by atoms with Crippen molar-refractivity contribution in [1.82, 2.24) is 20.3 Å². The predicted octanol–water partition coefficient (Wildman–Crippen LogP) is 3.76. The number of nitrogens with zero attached hydrogens (tertiary/aromatic N) is 3. The topological polar surface area (TPSA) is 67.8 Å². The molecule has 3 aromatic heterocycles. The lowest BCUT2D eigenvalue weighted by molar-refractivity contribution is 0.0943. The predicted molar refractivity (Wildman–Crippen MR) is 96.4 cm³/mol. The Balaban J connectivity index is 1.93. The van der Waals surface area contributed by atoms with Crippen LogP contribution in [0.4, 0.5) is 0 Å². The van der Waals surface area contributed by atoms with Gasteiger partial charge in [0.2, 0.25) is 0 Å². The molecule has 0 aliphatic carbocycles. The highest BCUT2D eigenvalue weighted by molar-refractivity contribution is 7.20. The number of hydrogen-bond acceptors (Lipinski definition) is 5. The van der Waals surface area contributed by atoms with E-state index in [-0.39, 0.29) is 11.9 Å². The van der Waals surface area contributed by atoms with E-state index in [0.29, 0.717) is 4.88 Å². The second kappa shape index (κ2) is 6.65. The SMILES string of the molecule is CCc1nc(C)c2c(C)c(C(=O)N[C@H](C)c3ccncc3)sc2n1. The van der Waals surface area contributed by atoms with Gasteiger partial charge >= 0.3 is 0 Å². The number of aromatic nitrogens is 3. The monoisotopic (exact) mass is 340 g/mol. The van der Waals surface area contributed by atoms with Crippen LogP contribution < -0.4 is 5.32 Å². The average Bonchev–Trinajstić information content (AvgIpc) is 2.92. The molecule has 1 atom stereocenters. The smallest absolute Gasteiger partial charge is 0.262 e. The highest BCUT2D eigenvalue weighted by Gasteiger charge is 2.20. The first-order valence-electron chi connectivity index (χ1n) is 7.98. The summed E-state index contributed by atoms with van der Waals surface area (Å²) in [6.07, 6.45) is 4.25. The molecule has 0 aliphatic rings. The molecule has 0 fully saturated rings. The molecule has 3 aromatic rings. The lowest BCUT2D eigenvalue weighted by Crippen LogP contribution is -2.26. The fourth-order valence-corrected chi connectivity index (χ4v) is 3.92. The van der Waals surface area contributed by atoms with Gasteiger partial charge < -0.3 is 5.32 Å². The molecular formula is C18H20N4OS. The van der Waals surface area contributed by atoms with E-state index in [1.54, 1.807) is 12.4 Å². The Kier molecular flexibility index (Phi) is 4.57. The van der Waals surface area contributed by atoms with Gasteiger partial charge in [-0.25, -0.2) is 9.97 Å². The normalized spacial score (nSPS) is 12.3. The highest BCUT2D eigenvalue weighted by Crippen LogP contribution is 2.31. The number of carbonyl (C=O) groups excluding carboxylic acids is 1. The number of nitrogens with one attached hydrogen (secondary N) is 1. The van der Waals surface area contributed by atoms with Crippen molar-refractivity contribution >= 4 is 27.5 Å². The van der Waals surface area contributed by atoms with Crippen molar-refractivity contribution in [3.05, 3.63) is 52.0 Å². The molecular weight excluding hydrogens is 320 g/mol. The van der Waals surface area contributed by atoms with Crippen LogP contribution >= 0.6 is 11.3 Å². The molecule has 0 aliphatic heterocycles. The summed E-state index contributed by atoms with van der Waals surface area (Å²) in [5.41, 5.74) is 2.92. The second-order valence-electron chi connectivity index (χ2n) is 5.79. The maximum atomic E-state index is 12.7. The second-order valence-corrected chi connectivity index (χ2v) is 6.79. The van der Waals surface area contributed by atoms with E-state index < -0.39 is 0 Å². The van der Waals surface area contributed by atoms with Gasteiger partial charge in [0.05, 0.1) is 10.9 Å². The minimum absolute atomic E-state index is 0.0720. The summed E-state index contributed by atoms with van der Waals surface area (Å²) >= 11 is 1.44. The molecule has 0 saturated heterocycles. The van der Waals surface area contributed by atoms with Gasteiger partial charge in [-0.3, -0.25) is 9.78 Å². The van der Waals surface area contributed by atoms with Gasteiger partial charge in [-0.05, 0) is 44.0 Å². The molecule has 1 amide bonds. The first-order chi connectivity index (χ1) is 11.5. The van der Waals surface area contributed by atoms with Crippen molar-refractivity contribution in [3.63, 3.8) is 0 Å². The molecule has 6 heteroatoms. The van der Waals surface area contributed by atoms with Crippen molar-refractivity contribution in [3.8, 4) is 0 Å². The zero-order chi connectivity index (χ0) is 17.3. The summed E-state index contributed by atoms with van der Waals surface area (Å²) in [5.74, 6) is 0.746. The Labute approximate surface area is 145 Å². The third kappa shape index (κ3) is 3.01. The van der Waals surface area contributed by atoms with Crippen LogP contribution in [-0.4, -0.2) is 20.9 Å². The fourth-order valence-electron chi connectivity index (χ4n) is 2.77. The van der Waals surface area contributed by atoms with Crippen molar-refractivity contribution < 1.29 is 4.79 Å². The number of aryl methyl sites for hydroxylation is 3. The number of thiophene rings is 1. The number of carbonyl (C=O) groups is 1. The molecule has 0 bridgehead atoms. The van der Waals surface area contributed by atoms with Crippen molar-refractivity contribution in [2.75, 3.05) is 0 Å². The van der Waals surface area contributed by atoms with Crippen LogP contribution in [0.5, 0.6) is 0 Å². The Bertz CT molecular complexity index is 889. The maximum Gasteiger partial charge on any atom is 0.262 e. The number of pyridine rings is 1. The summed E-state index contributed by atoms with van der Waals surface area (Å²) in [7, 11) is 0. The molecule has 0 saturated carbocycles. The van der Waals surface area contributed by atoms with Crippen LogP contribution in [0.15, 0.2) is 24.5 Å². The molecule has 3 heterocycles. The van der Waals surface area contributed by atoms with E-state index >= 15 is 0 Å². The number of amides is 1. The van der Waals surface area contributed by atoms with E-state index in [4.69, 9.17) is 0 Å². The molecule has 124 valence electrons. The van der Waals surface area contributed by atoms with Gasteiger partial charge in [0.25, 0.3) is 5.91 Å². The van der Waals surface area contributed by atoms with Crippen molar-refractivity contribution in [2.45, 2.75) is 40.2 Å². The first kappa shape index (κ1) is 16.5. The molecule has 0 radical (unpaired) electrons. The van der Waals surface area contributed by atoms with E-state index in [9.17, 15) is 4.79 Å². The van der Waals surface area contributed by atoms with Gasteiger partial charge in [0, 0.05) is 29.9 Å². The van der Waals surface area contributed by atoms with Gasteiger partial charge in [-0.1, -0.05) is 6.92 Å². The number of rotatable bonds is 4. The number of fused-ring (bicyclic) bond motifs is 1. The average molecular weight is 340 g/mol. The third-order valence-electron chi connectivity index (χ3n) is 4.09. The summed E-state index contributed by atoms with van der Waals surface area (Å²) in [6.45, 7) is 7.94. The van der Waals surface area contributed by atoms with E-state index in [0.717, 1.165) is 39.3 Å². The summed E-state index contributed by atoms with van der Waals surface area (Å²) in [4.78, 5) is 27.4. The van der Waals surface area contributed by atoms with E-state index in [2.05, 4.69) is 20.3 Å². The Morgan fingerprint density at radius 3 is 2.62 bits per heavy atom. The standard InChI is InChI=1S/C18H20N4OS/c1-5-14-20-12(4)15-10(2)16(24-18(15)22-14)17(23)21-11(3)13-6-8-19-9-7-13/h6-9,11H,5H2,1-4H3,(H,21,23)/t11-/m1/s1. The molecule has 5 nitrogen and oxygen atoms in total. The zero-order valence-electron chi connectivity index (χ0n) is 14.3. The molecule has 24 heavy (non-hydrogen) atoms. The zero-order valence-corrected chi connectivity index (χ0v) is 15.1. The Morgan fingerprint density at radius 1 is 1.25 bits per heavy atom. The summed E-state index contributed by atoms with van der Waals surface area (Å²) in [5, 5.41) is 4.06. The quantitative estimate of drug-likeness (QED) is 0.785.